The lowest BCUT2D eigenvalue weighted by Crippen LogP contribution is -2.15. The van der Waals surface area contributed by atoms with Crippen LogP contribution < -0.4 is 5.32 Å². The van der Waals surface area contributed by atoms with Crippen molar-refractivity contribution in [1.29, 1.82) is 0 Å². The summed E-state index contributed by atoms with van der Waals surface area (Å²) in [5, 5.41) is 24.2. The largest absolute Gasteiger partial charge is 0.511 e. The third kappa shape index (κ3) is 3.86. The van der Waals surface area contributed by atoms with Crippen LogP contribution in [0.25, 0.3) is 0 Å². The zero-order chi connectivity index (χ0) is 27.7. The molecule has 200 valence electrons. The molecule has 0 aromatic rings. The number of aliphatic imine (C=N–C) groups is 3. The van der Waals surface area contributed by atoms with Gasteiger partial charge in [0, 0.05) is 47.2 Å². The Morgan fingerprint density at radius 1 is 0.974 bits per heavy atom. The van der Waals surface area contributed by atoms with E-state index in [1.807, 2.05) is 13.0 Å². The van der Waals surface area contributed by atoms with E-state index < -0.39 is 5.97 Å². The van der Waals surface area contributed by atoms with Crippen molar-refractivity contribution >= 4 is 23.1 Å². The first-order valence-corrected chi connectivity index (χ1v) is 13.7. The Morgan fingerprint density at radius 3 is 2.41 bits per heavy atom. The summed E-state index contributed by atoms with van der Waals surface area (Å²) in [6.07, 6.45) is 8.03. The van der Waals surface area contributed by atoms with Gasteiger partial charge in [-0.25, -0.2) is 15.0 Å². The zero-order valence-electron chi connectivity index (χ0n) is 23.4. The minimum atomic E-state index is -0.809. The zero-order valence-corrected chi connectivity index (χ0v) is 23.4. The predicted octanol–water partition coefficient (Wildman–Crippen LogP) is 6.54. The lowest BCUT2D eigenvalue weighted by molar-refractivity contribution is -0.137. The summed E-state index contributed by atoms with van der Waals surface area (Å²) in [5.41, 5.74) is 14.5. The van der Waals surface area contributed by atoms with Gasteiger partial charge in [0.05, 0.1) is 34.2 Å². The molecular formula is C32H34N4O3. The minimum Gasteiger partial charge on any atom is -0.511 e. The molecule has 1 aliphatic carbocycles. The van der Waals surface area contributed by atoms with Gasteiger partial charge in [-0.15, -0.1) is 0 Å². The van der Waals surface area contributed by atoms with Crippen LogP contribution in [-0.2, 0) is 4.79 Å². The Kier molecular flexibility index (Phi) is 5.86. The molecule has 2 atom stereocenters. The van der Waals surface area contributed by atoms with Crippen LogP contribution in [0.5, 0.6) is 0 Å². The number of fused-ring (bicyclic) bond motifs is 5. The normalized spacial score (nSPS) is 25.8. The van der Waals surface area contributed by atoms with Crippen molar-refractivity contribution in [3.05, 3.63) is 91.5 Å². The highest BCUT2D eigenvalue weighted by Gasteiger charge is 2.41. The van der Waals surface area contributed by atoms with Crippen LogP contribution in [0.2, 0.25) is 0 Å². The molecule has 6 aliphatic rings. The van der Waals surface area contributed by atoms with Crippen LogP contribution in [0.1, 0.15) is 67.2 Å². The monoisotopic (exact) mass is 522 g/mol. The first kappa shape index (κ1) is 25.3. The number of allylic oxidation sites excluding steroid dienone is 12. The van der Waals surface area contributed by atoms with E-state index >= 15 is 0 Å². The Labute approximate surface area is 228 Å². The van der Waals surface area contributed by atoms with Crippen molar-refractivity contribution in [3.63, 3.8) is 0 Å². The lowest BCUT2D eigenvalue weighted by atomic mass is 9.86. The number of nitrogens with zero attached hydrogens (tertiary/aromatic N) is 3. The van der Waals surface area contributed by atoms with Crippen molar-refractivity contribution in [3.8, 4) is 0 Å². The Morgan fingerprint density at radius 2 is 1.69 bits per heavy atom. The summed E-state index contributed by atoms with van der Waals surface area (Å²) in [6, 6.07) is 0. The Hall–Kier alpha value is -4.00. The quantitative estimate of drug-likeness (QED) is 0.390. The number of rotatable bonds is 4. The van der Waals surface area contributed by atoms with E-state index in [9.17, 15) is 15.0 Å². The molecule has 0 radical (unpaired) electrons. The molecule has 0 spiro atoms. The summed E-state index contributed by atoms with van der Waals surface area (Å²) >= 11 is 0. The molecule has 3 N–H and O–H groups in total. The van der Waals surface area contributed by atoms with Gasteiger partial charge >= 0.3 is 5.97 Å². The predicted molar refractivity (Wildman–Crippen MR) is 155 cm³/mol. The molecule has 39 heavy (non-hydrogen) atoms. The van der Waals surface area contributed by atoms with Crippen molar-refractivity contribution in [2.45, 2.75) is 67.2 Å². The molecule has 6 rings (SSSR count). The molecule has 0 aromatic carbocycles. The maximum Gasteiger partial charge on any atom is 0.303 e. The van der Waals surface area contributed by atoms with Crippen LogP contribution in [-0.4, -0.2) is 33.3 Å². The standard InChI is InChI=1S/C32H34N4O3/c1-7-19-16(4)24-11-22-14(2)15(3)23(33-22)12-25-17(5)20(8-9-29(38)39)31(35-25)21-10-28(37)30-18(6)26(36-32(21)30)13-27(19)34-24/h11-13,17,20,35,37H,7-10H2,1-6H3,(H,38,39)/t17-,20-/m0/s1. The third-order valence-electron chi connectivity index (χ3n) is 9.04. The number of carboxylic acids is 1. The van der Waals surface area contributed by atoms with Gasteiger partial charge < -0.3 is 15.5 Å². The van der Waals surface area contributed by atoms with Gasteiger partial charge in [-0.3, -0.25) is 4.79 Å². The smallest absolute Gasteiger partial charge is 0.303 e. The van der Waals surface area contributed by atoms with Crippen LogP contribution in [0.3, 0.4) is 0 Å². The summed E-state index contributed by atoms with van der Waals surface area (Å²) in [4.78, 5) is 26.6. The van der Waals surface area contributed by atoms with Gasteiger partial charge in [0.25, 0.3) is 0 Å². The molecule has 0 amide bonds. The molecule has 5 aliphatic heterocycles. The summed E-state index contributed by atoms with van der Waals surface area (Å²) in [5.74, 6) is -0.465. The van der Waals surface area contributed by atoms with Crippen LogP contribution in [0.15, 0.2) is 106 Å². The highest BCUT2D eigenvalue weighted by molar-refractivity contribution is 6.21. The number of carboxylic acid groups (broad SMARTS) is 1. The Balaban J connectivity index is 1.60. The molecule has 7 heteroatoms. The second-order valence-corrected chi connectivity index (χ2v) is 11.2. The van der Waals surface area contributed by atoms with E-state index in [4.69, 9.17) is 15.0 Å². The van der Waals surface area contributed by atoms with Gasteiger partial charge in [-0.05, 0) is 86.6 Å². The van der Waals surface area contributed by atoms with Crippen LogP contribution >= 0.6 is 0 Å². The van der Waals surface area contributed by atoms with E-state index in [0.717, 1.165) is 85.5 Å². The number of aliphatic hydroxyl groups excluding tert-OH is 1. The van der Waals surface area contributed by atoms with Crippen molar-refractivity contribution in [1.82, 2.24) is 5.32 Å². The molecule has 8 bridgehead atoms. The average Bonchev–Trinajstić information content (AvgIpc) is 3.63. The highest BCUT2D eigenvalue weighted by Crippen LogP contribution is 2.46. The first-order valence-electron chi connectivity index (χ1n) is 13.7. The average molecular weight is 523 g/mol. The maximum atomic E-state index is 11.6. The summed E-state index contributed by atoms with van der Waals surface area (Å²) in [7, 11) is 0. The van der Waals surface area contributed by atoms with Gasteiger partial charge in [-0.2, -0.15) is 0 Å². The van der Waals surface area contributed by atoms with Crippen molar-refractivity contribution < 1.29 is 15.0 Å². The maximum absolute atomic E-state index is 11.6. The number of carbonyl (C=O) groups is 1. The second kappa shape index (κ2) is 9.04. The van der Waals surface area contributed by atoms with E-state index in [1.165, 1.54) is 5.57 Å². The number of aliphatic carboxylic acids is 1. The van der Waals surface area contributed by atoms with Crippen molar-refractivity contribution in [2.75, 3.05) is 0 Å². The Bertz CT molecular complexity index is 1610. The molecule has 0 unspecified atom stereocenters. The summed E-state index contributed by atoms with van der Waals surface area (Å²) < 4.78 is 0. The molecule has 5 heterocycles. The van der Waals surface area contributed by atoms with E-state index in [0.29, 0.717) is 18.6 Å². The SMILES string of the molecule is CCC1=C(C)C2=NC1=CC1=C(C)C3=C(O)CC(=C4NC(=CC5=NC(=C2)C(C)=C5C)[C@@H](C)[C@@H]4CCC(=O)O)C3=N1. The van der Waals surface area contributed by atoms with Crippen molar-refractivity contribution in [2.24, 2.45) is 26.8 Å². The fourth-order valence-electron chi connectivity index (χ4n) is 6.51. The number of hydrogen-bond acceptors (Lipinski definition) is 6. The van der Waals surface area contributed by atoms with Gasteiger partial charge in [0.2, 0.25) is 0 Å². The molecule has 1 saturated heterocycles. The molecular weight excluding hydrogens is 488 g/mol. The van der Waals surface area contributed by atoms with Crippen LogP contribution in [0, 0.1) is 11.8 Å². The fourth-order valence-corrected chi connectivity index (χ4v) is 6.51. The fraction of sp³-hybridized carbons (Fsp3) is 0.375. The van der Waals surface area contributed by atoms with Gasteiger partial charge in [0.1, 0.15) is 5.76 Å². The topological polar surface area (TPSA) is 107 Å². The first-order chi connectivity index (χ1) is 18.6. The molecule has 1 fully saturated rings. The second-order valence-electron chi connectivity index (χ2n) is 11.2. The number of hydrogen-bond donors (Lipinski definition) is 3. The summed E-state index contributed by atoms with van der Waals surface area (Å²) in [6.45, 7) is 12.6. The van der Waals surface area contributed by atoms with E-state index in [2.05, 4.69) is 52.1 Å². The number of nitrogens with one attached hydrogen (secondary N) is 1. The third-order valence-corrected chi connectivity index (χ3v) is 9.04. The molecule has 7 nitrogen and oxygen atoms in total. The number of aliphatic hydroxyl groups is 1. The van der Waals surface area contributed by atoms with Crippen LogP contribution in [0.4, 0.5) is 0 Å². The van der Waals surface area contributed by atoms with E-state index in [-0.39, 0.29) is 18.3 Å². The lowest BCUT2D eigenvalue weighted by Gasteiger charge is -2.17. The van der Waals surface area contributed by atoms with E-state index in [1.54, 1.807) is 0 Å². The molecule has 0 saturated carbocycles. The highest BCUT2D eigenvalue weighted by atomic mass is 16.4. The molecule has 0 aromatic heterocycles. The van der Waals surface area contributed by atoms with Gasteiger partial charge in [0.15, 0.2) is 0 Å². The van der Waals surface area contributed by atoms with Gasteiger partial charge in [-0.1, -0.05) is 13.8 Å². The minimum absolute atomic E-state index is 0.0307.